The van der Waals surface area contributed by atoms with Gasteiger partial charge in [0.05, 0.1) is 26.7 Å². The molecule has 3 nitrogen and oxygen atoms in total. The van der Waals surface area contributed by atoms with Crippen molar-refractivity contribution in [2.24, 2.45) is 5.92 Å². The number of carbonyl (C=O) groups is 1. The summed E-state index contributed by atoms with van der Waals surface area (Å²) in [6, 6.07) is 15.7. The summed E-state index contributed by atoms with van der Waals surface area (Å²) in [5, 5.41) is 11.7. The first-order valence-corrected chi connectivity index (χ1v) is 9.51. The zero-order chi connectivity index (χ0) is 18.9. The molecule has 1 fully saturated rings. The second-order valence-electron chi connectivity index (χ2n) is 8.17. The Balaban J connectivity index is 0.00000261. The molecule has 0 spiro atoms. The van der Waals surface area contributed by atoms with Crippen molar-refractivity contribution in [1.82, 2.24) is 0 Å². The molecular weight excluding hydrogens is 402 g/mol. The molecule has 0 aromatic heterocycles. The van der Waals surface area contributed by atoms with Crippen LogP contribution in [0.3, 0.4) is 0 Å². The van der Waals surface area contributed by atoms with E-state index in [1.54, 1.807) is 0 Å². The number of benzene rings is 2. The number of aryl methyl sites for hydroxylation is 2. The second kappa shape index (κ2) is 8.26. The molecule has 1 saturated heterocycles. The molecule has 1 heterocycles. The first kappa shape index (κ1) is 21.8. The number of halogens is 1. The molecule has 27 heavy (non-hydrogen) atoms. The Morgan fingerprint density at radius 2 is 1.59 bits per heavy atom. The minimum atomic E-state index is -1.11. The fourth-order valence-corrected chi connectivity index (χ4v) is 3.99. The van der Waals surface area contributed by atoms with Crippen molar-refractivity contribution < 1.29 is 31.4 Å². The lowest BCUT2D eigenvalue weighted by molar-refractivity contribution is -0.917. The molecular formula is C23H30BrNO2. The van der Waals surface area contributed by atoms with Crippen LogP contribution in [0.25, 0.3) is 0 Å². The number of nitrogens with zero attached hydrogens (tertiary/aromatic N) is 1. The third kappa shape index (κ3) is 4.34. The molecule has 0 bridgehead atoms. The number of likely N-dealkylation sites (tertiary alicyclic amines) is 1. The molecule has 0 amide bonds. The van der Waals surface area contributed by atoms with E-state index in [-0.39, 0.29) is 22.8 Å². The number of rotatable bonds is 4. The van der Waals surface area contributed by atoms with Gasteiger partial charge < -0.3 is 26.6 Å². The highest BCUT2D eigenvalue weighted by Gasteiger charge is 2.51. The SMILES string of the molecule is CC[N+]1(C)CC[C@@](O)(c2ccc(C)cc2)[C@H](C(=O)c2ccc(C)cc2)C1.[Br-]. The number of Topliss-reactive ketones (excluding diaryl/α,β-unsaturated/α-hetero) is 1. The fraction of sp³-hybridized carbons (Fsp3) is 0.435. The Morgan fingerprint density at radius 3 is 2.11 bits per heavy atom. The van der Waals surface area contributed by atoms with Crippen LogP contribution in [-0.4, -0.2) is 42.1 Å². The predicted octanol–water partition coefficient (Wildman–Crippen LogP) is 0.864. The number of hydrogen-bond acceptors (Lipinski definition) is 2. The maximum Gasteiger partial charge on any atom is 0.174 e. The van der Waals surface area contributed by atoms with Crippen molar-refractivity contribution >= 4 is 5.78 Å². The molecule has 3 atom stereocenters. The monoisotopic (exact) mass is 431 g/mol. The van der Waals surface area contributed by atoms with E-state index in [1.165, 1.54) is 0 Å². The van der Waals surface area contributed by atoms with Gasteiger partial charge >= 0.3 is 0 Å². The highest BCUT2D eigenvalue weighted by Crippen LogP contribution is 2.41. The lowest BCUT2D eigenvalue weighted by Crippen LogP contribution is -3.00. The summed E-state index contributed by atoms with van der Waals surface area (Å²) >= 11 is 0. The van der Waals surface area contributed by atoms with Gasteiger partial charge in [0.2, 0.25) is 0 Å². The summed E-state index contributed by atoms with van der Waals surface area (Å²) in [6.45, 7) is 8.70. The highest BCUT2D eigenvalue weighted by molar-refractivity contribution is 5.98. The Morgan fingerprint density at radius 1 is 1.07 bits per heavy atom. The summed E-state index contributed by atoms with van der Waals surface area (Å²) in [5.74, 6) is -0.391. The van der Waals surface area contributed by atoms with Gasteiger partial charge in [-0.15, -0.1) is 0 Å². The smallest absolute Gasteiger partial charge is 0.174 e. The van der Waals surface area contributed by atoms with Crippen molar-refractivity contribution in [3.63, 3.8) is 0 Å². The Hall–Kier alpha value is -1.49. The van der Waals surface area contributed by atoms with Crippen LogP contribution in [0.1, 0.15) is 40.4 Å². The summed E-state index contributed by atoms with van der Waals surface area (Å²) in [5.41, 5.74) is 2.73. The van der Waals surface area contributed by atoms with E-state index in [1.807, 2.05) is 62.4 Å². The van der Waals surface area contributed by atoms with E-state index in [0.717, 1.165) is 34.3 Å². The molecule has 2 aromatic rings. The molecule has 0 radical (unpaired) electrons. The van der Waals surface area contributed by atoms with E-state index < -0.39 is 11.5 Å². The standard InChI is InChI=1S/C23H30NO2.BrH/c1-5-24(4)15-14-23(26,20-12-8-18(3)9-13-20)21(16-24)22(25)19-10-6-17(2)7-11-19;/h6-13,21,26H,5,14-16H2,1-4H3;1H/q+1;/p-1/t21-,23+,24?;/m0./s1. The molecule has 4 heteroatoms. The average molecular weight is 432 g/mol. The van der Waals surface area contributed by atoms with Crippen molar-refractivity contribution in [2.45, 2.75) is 32.8 Å². The summed E-state index contributed by atoms with van der Waals surface area (Å²) in [6.07, 6.45) is 0.600. The maximum absolute atomic E-state index is 13.4. The molecule has 1 unspecified atom stereocenters. The zero-order valence-corrected chi connectivity index (χ0v) is 18.3. The molecule has 1 N–H and O–H groups in total. The van der Waals surface area contributed by atoms with E-state index >= 15 is 0 Å². The quantitative estimate of drug-likeness (QED) is 0.575. The van der Waals surface area contributed by atoms with E-state index in [2.05, 4.69) is 14.0 Å². The van der Waals surface area contributed by atoms with Crippen LogP contribution in [0.2, 0.25) is 0 Å². The molecule has 2 aromatic carbocycles. The minimum absolute atomic E-state index is 0. The topological polar surface area (TPSA) is 37.3 Å². The van der Waals surface area contributed by atoms with Gasteiger partial charge in [-0.05, 0) is 26.3 Å². The van der Waals surface area contributed by atoms with Crippen molar-refractivity contribution in [3.05, 3.63) is 70.8 Å². The number of quaternary nitrogens is 1. The van der Waals surface area contributed by atoms with Crippen LogP contribution in [0.15, 0.2) is 48.5 Å². The molecule has 146 valence electrons. The lowest BCUT2D eigenvalue weighted by atomic mass is 9.72. The number of ketones is 1. The number of carbonyl (C=O) groups excluding carboxylic acids is 1. The van der Waals surface area contributed by atoms with E-state index in [4.69, 9.17) is 0 Å². The maximum atomic E-state index is 13.4. The van der Waals surface area contributed by atoms with Crippen LogP contribution in [0, 0.1) is 19.8 Å². The normalized spacial score (nSPS) is 27.7. The molecule has 3 rings (SSSR count). The van der Waals surface area contributed by atoms with Crippen LogP contribution < -0.4 is 17.0 Å². The average Bonchev–Trinajstić information content (AvgIpc) is 2.64. The number of aliphatic hydroxyl groups is 1. The molecule has 1 aliphatic rings. The fourth-order valence-electron chi connectivity index (χ4n) is 3.99. The minimum Gasteiger partial charge on any atom is -1.00 e. The van der Waals surface area contributed by atoms with Crippen molar-refractivity contribution in [2.75, 3.05) is 26.7 Å². The van der Waals surface area contributed by atoms with Gasteiger partial charge in [-0.3, -0.25) is 4.79 Å². The highest BCUT2D eigenvalue weighted by atomic mass is 79.9. The van der Waals surface area contributed by atoms with Crippen molar-refractivity contribution in [1.29, 1.82) is 0 Å². The first-order chi connectivity index (χ1) is 12.3. The van der Waals surface area contributed by atoms with Crippen LogP contribution in [0.5, 0.6) is 0 Å². The Bertz CT molecular complexity index is 787. The van der Waals surface area contributed by atoms with Gasteiger partial charge in [-0.2, -0.15) is 0 Å². The zero-order valence-electron chi connectivity index (χ0n) is 16.7. The summed E-state index contributed by atoms with van der Waals surface area (Å²) in [7, 11) is 2.18. The van der Waals surface area contributed by atoms with Gasteiger partial charge in [0, 0.05) is 12.0 Å². The van der Waals surface area contributed by atoms with E-state index in [9.17, 15) is 9.90 Å². The molecule has 1 aliphatic heterocycles. The van der Waals surface area contributed by atoms with Gasteiger partial charge in [-0.25, -0.2) is 0 Å². The molecule has 0 saturated carbocycles. The number of piperidine rings is 1. The Kier molecular flexibility index (Phi) is 6.67. The van der Waals surface area contributed by atoms with Gasteiger partial charge in [0.1, 0.15) is 11.5 Å². The van der Waals surface area contributed by atoms with E-state index in [0.29, 0.717) is 18.5 Å². The largest absolute Gasteiger partial charge is 1.00 e. The van der Waals surface area contributed by atoms with Gasteiger partial charge in [-0.1, -0.05) is 59.7 Å². The van der Waals surface area contributed by atoms with Crippen molar-refractivity contribution in [3.8, 4) is 0 Å². The summed E-state index contributed by atoms with van der Waals surface area (Å²) in [4.78, 5) is 13.4. The first-order valence-electron chi connectivity index (χ1n) is 9.51. The third-order valence-electron chi connectivity index (χ3n) is 6.20. The third-order valence-corrected chi connectivity index (χ3v) is 6.20. The lowest BCUT2D eigenvalue weighted by Gasteiger charge is -2.48. The summed E-state index contributed by atoms with van der Waals surface area (Å²) < 4.78 is 0.816. The van der Waals surface area contributed by atoms with Crippen LogP contribution in [-0.2, 0) is 5.60 Å². The van der Waals surface area contributed by atoms with Crippen LogP contribution >= 0.6 is 0 Å². The van der Waals surface area contributed by atoms with Gasteiger partial charge in [0.15, 0.2) is 5.78 Å². The predicted molar refractivity (Wildman–Crippen MR) is 105 cm³/mol. The second-order valence-corrected chi connectivity index (χ2v) is 8.17. The van der Waals surface area contributed by atoms with Gasteiger partial charge in [0.25, 0.3) is 0 Å². The number of hydrogen-bond donors (Lipinski definition) is 1. The Labute approximate surface area is 173 Å². The van der Waals surface area contributed by atoms with Crippen LogP contribution in [0.4, 0.5) is 0 Å². The molecule has 0 aliphatic carbocycles.